The second-order valence-electron chi connectivity index (χ2n) is 3.58. The summed E-state index contributed by atoms with van der Waals surface area (Å²) in [5.41, 5.74) is 6.89. The van der Waals surface area contributed by atoms with Crippen molar-refractivity contribution in [2.45, 2.75) is 26.6 Å². The predicted octanol–water partition coefficient (Wildman–Crippen LogP) is 2.55. The van der Waals surface area contributed by atoms with Gasteiger partial charge in [0.2, 0.25) is 0 Å². The Morgan fingerprint density at radius 2 is 2.20 bits per heavy atom. The fourth-order valence-corrected chi connectivity index (χ4v) is 1.32. The fourth-order valence-electron chi connectivity index (χ4n) is 1.09. The molecular weight excluding hydrogens is 212 g/mol. The Morgan fingerprint density at radius 1 is 1.53 bits per heavy atom. The third-order valence-corrected chi connectivity index (χ3v) is 2.29. The molecule has 1 aromatic carbocycles. The van der Waals surface area contributed by atoms with Gasteiger partial charge >= 0.3 is 0 Å². The highest BCUT2D eigenvalue weighted by molar-refractivity contribution is 6.31. The van der Waals surface area contributed by atoms with E-state index < -0.39 is 0 Å². The van der Waals surface area contributed by atoms with Gasteiger partial charge in [-0.25, -0.2) is 0 Å². The normalized spacial score (nSPS) is 10.7. The van der Waals surface area contributed by atoms with Gasteiger partial charge in [-0.1, -0.05) is 23.7 Å². The summed E-state index contributed by atoms with van der Waals surface area (Å²) in [6.07, 6.45) is 0.175. The molecule has 3 N–H and O–H groups in total. The molecule has 0 heterocycles. The van der Waals surface area contributed by atoms with Gasteiger partial charge in [0.1, 0.15) is 5.84 Å². The number of amidine groups is 1. The molecule has 0 atom stereocenters. The number of nitrogens with one attached hydrogen (secondary N) is 1. The molecule has 0 bridgehead atoms. The average molecular weight is 227 g/mol. The van der Waals surface area contributed by atoms with Crippen molar-refractivity contribution >= 4 is 17.4 Å². The molecule has 82 valence electrons. The molecule has 0 aliphatic heterocycles. The van der Waals surface area contributed by atoms with Crippen LogP contribution in [0, 0.1) is 5.41 Å². The Balaban J connectivity index is 2.79. The molecular formula is C11H15ClN2O. The first-order chi connectivity index (χ1) is 7.00. The SMILES string of the molecule is CC(C)OCc1ccc(C(=N)N)cc1Cl. The quantitative estimate of drug-likeness (QED) is 0.612. The summed E-state index contributed by atoms with van der Waals surface area (Å²) in [5, 5.41) is 7.85. The van der Waals surface area contributed by atoms with Gasteiger partial charge in [-0.15, -0.1) is 0 Å². The van der Waals surface area contributed by atoms with Crippen LogP contribution in [0.15, 0.2) is 18.2 Å². The molecule has 3 nitrogen and oxygen atoms in total. The first kappa shape index (κ1) is 12.0. The molecule has 15 heavy (non-hydrogen) atoms. The van der Waals surface area contributed by atoms with Crippen LogP contribution >= 0.6 is 11.6 Å². The second-order valence-corrected chi connectivity index (χ2v) is 3.99. The highest BCUT2D eigenvalue weighted by Crippen LogP contribution is 2.19. The van der Waals surface area contributed by atoms with E-state index in [9.17, 15) is 0 Å². The number of nitrogens with two attached hydrogens (primary N) is 1. The van der Waals surface area contributed by atoms with E-state index in [1.807, 2.05) is 19.9 Å². The lowest BCUT2D eigenvalue weighted by Crippen LogP contribution is -2.11. The molecule has 0 aliphatic rings. The summed E-state index contributed by atoms with van der Waals surface area (Å²) < 4.78 is 5.44. The van der Waals surface area contributed by atoms with Crippen molar-refractivity contribution in [3.63, 3.8) is 0 Å². The molecule has 1 rings (SSSR count). The summed E-state index contributed by atoms with van der Waals surface area (Å²) in [7, 11) is 0. The lowest BCUT2D eigenvalue weighted by molar-refractivity contribution is 0.0657. The minimum atomic E-state index is 0.0215. The largest absolute Gasteiger partial charge is 0.384 e. The number of ether oxygens (including phenoxy) is 1. The van der Waals surface area contributed by atoms with Crippen molar-refractivity contribution < 1.29 is 4.74 Å². The van der Waals surface area contributed by atoms with Crippen molar-refractivity contribution in [1.82, 2.24) is 0 Å². The zero-order valence-corrected chi connectivity index (χ0v) is 9.64. The van der Waals surface area contributed by atoms with Crippen LogP contribution in [0.2, 0.25) is 5.02 Å². The maximum Gasteiger partial charge on any atom is 0.122 e. The smallest absolute Gasteiger partial charge is 0.122 e. The van der Waals surface area contributed by atoms with Crippen molar-refractivity contribution in [3.05, 3.63) is 34.3 Å². The maximum absolute atomic E-state index is 7.26. The van der Waals surface area contributed by atoms with E-state index in [0.717, 1.165) is 5.56 Å². The molecule has 0 fully saturated rings. The molecule has 0 saturated heterocycles. The number of hydrogen-bond donors (Lipinski definition) is 2. The molecule has 0 saturated carbocycles. The lowest BCUT2D eigenvalue weighted by Gasteiger charge is -2.09. The molecule has 0 spiro atoms. The van der Waals surface area contributed by atoms with E-state index in [4.69, 9.17) is 27.5 Å². The minimum Gasteiger partial charge on any atom is -0.384 e. The van der Waals surface area contributed by atoms with E-state index >= 15 is 0 Å². The first-order valence-electron chi connectivity index (χ1n) is 4.75. The van der Waals surface area contributed by atoms with Crippen LogP contribution in [0.25, 0.3) is 0 Å². The summed E-state index contributed by atoms with van der Waals surface area (Å²) in [4.78, 5) is 0. The highest BCUT2D eigenvalue weighted by atomic mass is 35.5. The summed E-state index contributed by atoms with van der Waals surface area (Å²) in [6, 6.07) is 5.29. The number of nitrogen functional groups attached to an aromatic ring is 1. The van der Waals surface area contributed by atoms with Gasteiger partial charge in [-0.3, -0.25) is 5.41 Å². The van der Waals surface area contributed by atoms with Crippen molar-refractivity contribution in [2.24, 2.45) is 5.73 Å². The average Bonchev–Trinajstić information content (AvgIpc) is 2.15. The van der Waals surface area contributed by atoms with Crippen LogP contribution in [0.3, 0.4) is 0 Å². The van der Waals surface area contributed by atoms with E-state index in [-0.39, 0.29) is 11.9 Å². The van der Waals surface area contributed by atoms with Crippen LogP contribution in [0.5, 0.6) is 0 Å². The van der Waals surface area contributed by atoms with Gasteiger partial charge < -0.3 is 10.5 Å². The summed E-state index contributed by atoms with van der Waals surface area (Å²) in [6.45, 7) is 4.42. The maximum atomic E-state index is 7.26. The number of rotatable bonds is 4. The number of benzene rings is 1. The zero-order valence-electron chi connectivity index (χ0n) is 8.88. The topological polar surface area (TPSA) is 59.1 Å². The van der Waals surface area contributed by atoms with Gasteiger partial charge in [0.15, 0.2) is 0 Å². The molecule has 0 amide bonds. The van der Waals surface area contributed by atoms with Crippen LogP contribution in [-0.2, 0) is 11.3 Å². The van der Waals surface area contributed by atoms with E-state index in [1.165, 1.54) is 0 Å². The Kier molecular flexibility index (Phi) is 4.12. The zero-order chi connectivity index (χ0) is 11.4. The molecule has 1 aromatic rings. The van der Waals surface area contributed by atoms with E-state index in [0.29, 0.717) is 17.2 Å². The molecule has 0 aliphatic carbocycles. The Morgan fingerprint density at radius 3 is 2.67 bits per heavy atom. The Hall–Kier alpha value is -1.06. The third kappa shape index (κ3) is 3.53. The highest BCUT2D eigenvalue weighted by Gasteiger charge is 2.04. The second kappa shape index (κ2) is 5.14. The van der Waals surface area contributed by atoms with Crippen molar-refractivity contribution in [3.8, 4) is 0 Å². The van der Waals surface area contributed by atoms with Gasteiger partial charge in [-0.05, 0) is 25.5 Å². The van der Waals surface area contributed by atoms with Gasteiger partial charge in [0.25, 0.3) is 0 Å². The Bertz CT molecular complexity index is 364. The standard InChI is InChI=1S/C11H15ClN2O/c1-7(2)15-6-9-4-3-8(11(13)14)5-10(9)12/h3-5,7H,6H2,1-2H3,(H3,13,14). The van der Waals surface area contributed by atoms with Gasteiger partial charge in [0, 0.05) is 10.6 Å². The molecule has 0 aromatic heterocycles. The fraction of sp³-hybridized carbons (Fsp3) is 0.364. The van der Waals surface area contributed by atoms with Crippen molar-refractivity contribution in [1.29, 1.82) is 5.41 Å². The third-order valence-electron chi connectivity index (χ3n) is 1.94. The van der Waals surface area contributed by atoms with Crippen molar-refractivity contribution in [2.75, 3.05) is 0 Å². The summed E-state index contributed by atoms with van der Waals surface area (Å²) in [5.74, 6) is 0.0215. The van der Waals surface area contributed by atoms with Crippen LogP contribution in [0.4, 0.5) is 0 Å². The summed E-state index contributed by atoms with van der Waals surface area (Å²) >= 11 is 6.02. The number of hydrogen-bond acceptors (Lipinski definition) is 2. The van der Waals surface area contributed by atoms with Crippen LogP contribution in [-0.4, -0.2) is 11.9 Å². The monoisotopic (exact) mass is 226 g/mol. The van der Waals surface area contributed by atoms with Crippen LogP contribution in [0.1, 0.15) is 25.0 Å². The lowest BCUT2D eigenvalue weighted by atomic mass is 10.1. The van der Waals surface area contributed by atoms with Crippen LogP contribution < -0.4 is 5.73 Å². The number of halogens is 1. The molecule has 0 unspecified atom stereocenters. The molecule has 0 radical (unpaired) electrons. The Labute approximate surface area is 94.7 Å². The van der Waals surface area contributed by atoms with E-state index in [1.54, 1.807) is 12.1 Å². The minimum absolute atomic E-state index is 0.0215. The van der Waals surface area contributed by atoms with E-state index in [2.05, 4.69) is 0 Å². The van der Waals surface area contributed by atoms with Gasteiger partial charge in [-0.2, -0.15) is 0 Å². The first-order valence-corrected chi connectivity index (χ1v) is 5.13. The predicted molar refractivity (Wildman–Crippen MR) is 62.4 cm³/mol. The molecule has 4 heteroatoms. The van der Waals surface area contributed by atoms with Gasteiger partial charge in [0.05, 0.1) is 12.7 Å².